The summed E-state index contributed by atoms with van der Waals surface area (Å²) in [6, 6.07) is -0.638. The van der Waals surface area contributed by atoms with Crippen LogP contribution in [0, 0.1) is 0 Å². The van der Waals surface area contributed by atoms with Crippen LogP contribution < -0.4 is 5.32 Å². The maximum atomic E-state index is 12.4. The first kappa shape index (κ1) is 58.3. The van der Waals surface area contributed by atoms with E-state index < -0.39 is 12.1 Å². The minimum atomic E-state index is -0.853. The number of amides is 1. The van der Waals surface area contributed by atoms with Crippen molar-refractivity contribution in [3.05, 3.63) is 24.3 Å². The van der Waals surface area contributed by atoms with E-state index in [0.717, 1.165) is 64.2 Å². The fourth-order valence-electron chi connectivity index (χ4n) is 8.10. The second-order valence-corrected chi connectivity index (χ2v) is 18.2. The van der Waals surface area contributed by atoms with Crippen LogP contribution in [0.25, 0.3) is 0 Å². The third kappa shape index (κ3) is 45.9. The van der Waals surface area contributed by atoms with Crippen LogP contribution in [0.3, 0.4) is 0 Å². The van der Waals surface area contributed by atoms with E-state index in [0.29, 0.717) is 19.4 Å². The largest absolute Gasteiger partial charge is 0.466 e. The molecule has 0 radical (unpaired) electrons. The van der Waals surface area contributed by atoms with Gasteiger partial charge in [-0.05, 0) is 57.8 Å². The molecule has 0 aliphatic carbocycles. The summed E-state index contributed by atoms with van der Waals surface area (Å²) in [5.74, 6) is -0.0870. The van der Waals surface area contributed by atoms with E-state index in [9.17, 15) is 19.8 Å². The molecular formula is C54H103NO5. The lowest BCUT2D eigenvalue weighted by molar-refractivity contribution is -0.143. The number of ether oxygens (including phenoxy) is 1. The first-order chi connectivity index (χ1) is 29.5. The summed E-state index contributed by atoms with van der Waals surface area (Å²) >= 11 is 0. The average molecular weight is 846 g/mol. The highest BCUT2D eigenvalue weighted by atomic mass is 16.5. The number of carbonyl (C=O) groups is 2. The zero-order valence-electron chi connectivity index (χ0n) is 40.2. The van der Waals surface area contributed by atoms with Crippen molar-refractivity contribution >= 4 is 11.9 Å². The molecule has 1 amide bonds. The molecule has 3 N–H and O–H groups in total. The summed E-state index contributed by atoms with van der Waals surface area (Å²) < 4.78 is 5.47. The van der Waals surface area contributed by atoms with E-state index in [2.05, 4.69) is 31.3 Å². The van der Waals surface area contributed by atoms with Gasteiger partial charge in [0.25, 0.3) is 0 Å². The zero-order chi connectivity index (χ0) is 43.7. The number of hydrogen-bond donors (Lipinski definition) is 3. The number of aliphatic hydroxyl groups excluding tert-OH is 2. The molecule has 2 unspecified atom stereocenters. The van der Waals surface area contributed by atoms with Crippen LogP contribution >= 0.6 is 0 Å². The number of esters is 1. The van der Waals surface area contributed by atoms with Crippen molar-refractivity contribution < 1.29 is 24.5 Å². The molecule has 2 atom stereocenters. The van der Waals surface area contributed by atoms with Crippen molar-refractivity contribution in [1.29, 1.82) is 0 Å². The van der Waals surface area contributed by atoms with Crippen LogP contribution in [0.2, 0.25) is 0 Å². The van der Waals surface area contributed by atoms with E-state index in [1.54, 1.807) is 6.08 Å². The summed E-state index contributed by atoms with van der Waals surface area (Å²) in [5.41, 5.74) is 0. The number of carbonyl (C=O) groups excluding carboxylic acids is 2. The van der Waals surface area contributed by atoms with E-state index >= 15 is 0 Å². The lowest BCUT2D eigenvalue weighted by atomic mass is 10.0. The number of unbranched alkanes of at least 4 members (excludes halogenated alkanes) is 36. The van der Waals surface area contributed by atoms with Gasteiger partial charge < -0.3 is 20.3 Å². The molecule has 0 bridgehead atoms. The van der Waals surface area contributed by atoms with Gasteiger partial charge in [0.2, 0.25) is 5.91 Å². The summed E-state index contributed by atoms with van der Waals surface area (Å²) in [6.07, 6.45) is 59.0. The molecule has 6 nitrogen and oxygen atoms in total. The van der Waals surface area contributed by atoms with Crippen molar-refractivity contribution in [3.63, 3.8) is 0 Å². The van der Waals surface area contributed by atoms with Gasteiger partial charge >= 0.3 is 5.97 Å². The number of rotatable bonds is 49. The van der Waals surface area contributed by atoms with Crippen molar-refractivity contribution in [2.45, 2.75) is 296 Å². The summed E-state index contributed by atoms with van der Waals surface area (Å²) in [7, 11) is 0. The summed E-state index contributed by atoms with van der Waals surface area (Å²) in [5, 5.41) is 23.0. The number of allylic oxidation sites excluding steroid dienone is 3. The van der Waals surface area contributed by atoms with Gasteiger partial charge in [-0.3, -0.25) is 9.59 Å². The predicted molar refractivity (Wildman–Crippen MR) is 260 cm³/mol. The summed E-state index contributed by atoms with van der Waals surface area (Å²) in [4.78, 5) is 24.4. The van der Waals surface area contributed by atoms with Gasteiger partial charge in [0.05, 0.1) is 25.4 Å². The van der Waals surface area contributed by atoms with Crippen LogP contribution in [0.4, 0.5) is 0 Å². The van der Waals surface area contributed by atoms with E-state index in [1.165, 1.54) is 193 Å². The van der Waals surface area contributed by atoms with Gasteiger partial charge in [-0.2, -0.15) is 0 Å². The first-order valence-electron chi connectivity index (χ1n) is 26.6. The third-order valence-electron chi connectivity index (χ3n) is 12.2. The van der Waals surface area contributed by atoms with E-state index in [-0.39, 0.29) is 18.5 Å². The molecule has 354 valence electrons. The van der Waals surface area contributed by atoms with E-state index in [1.807, 2.05) is 6.08 Å². The van der Waals surface area contributed by atoms with Crippen LogP contribution in [-0.4, -0.2) is 47.4 Å². The highest BCUT2D eigenvalue weighted by Crippen LogP contribution is 2.16. The fourth-order valence-corrected chi connectivity index (χ4v) is 8.10. The molecule has 0 saturated carbocycles. The monoisotopic (exact) mass is 846 g/mol. The normalized spacial score (nSPS) is 12.8. The smallest absolute Gasteiger partial charge is 0.305 e. The maximum absolute atomic E-state index is 12.4. The van der Waals surface area contributed by atoms with Crippen molar-refractivity contribution in [2.75, 3.05) is 13.2 Å². The highest BCUT2D eigenvalue weighted by Gasteiger charge is 2.18. The Kier molecular flexibility index (Phi) is 48.6. The van der Waals surface area contributed by atoms with Gasteiger partial charge in [-0.1, -0.05) is 237 Å². The minimum Gasteiger partial charge on any atom is -0.466 e. The Hall–Kier alpha value is -1.66. The molecule has 0 fully saturated rings. The maximum Gasteiger partial charge on any atom is 0.305 e. The Morgan fingerprint density at radius 3 is 1.18 bits per heavy atom. The molecule has 0 aromatic rings. The molecule has 0 aliphatic heterocycles. The number of aliphatic hydroxyl groups is 2. The Morgan fingerprint density at radius 2 is 0.783 bits per heavy atom. The molecular weight excluding hydrogens is 743 g/mol. The van der Waals surface area contributed by atoms with Crippen LogP contribution in [0.5, 0.6) is 0 Å². The number of nitrogens with one attached hydrogen (secondary N) is 1. The minimum absolute atomic E-state index is 0.00132. The van der Waals surface area contributed by atoms with Crippen molar-refractivity contribution in [1.82, 2.24) is 5.32 Å². The Balaban J connectivity index is 3.47. The molecule has 0 saturated heterocycles. The SMILES string of the molecule is CCCCCCCCCCCC/C=C/C(O)C(CO)NC(=O)CCCCCCC/C=C\CCCCCCCCCOC(=O)CCCCCCCCCCCCCCCCC. The lowest BCUT2D eigenvalue weighted by Crippen LogP contribution is -2.45. The van der Waals surface area contributed by atoms with Crippen molar-refractivity contribution in [3.8, 4) is 0 Å². The van der Waals surface area contributed by atoms with E-state index in [4.69, 9.17) is 4.74 Å². The Morgan fingerprint density at radius 1 is 0.450 bits per heavy atom. The molecule has 0 aliphatic rings. The number of hydrogen-bond acceptors (Lipinski definition) is 5. The van der Waals surface area contributed by atoms with Gasteiger partial charge in [-0.25, -0.2) is 0 Å². The molecule has 0 heterocycles. The molecule has 0 spiro atoms. The van der Waals surface area contributed by atoms with Gasteiger partial charge in [0, 0.05) is 12.8 Å². The molecule has 60 heavy (non-hydrogen) atoms. The predicted octanol–water partition coefficient (Wildman–Crippen LogP) is 15.9. The zero-order valence-corrected chi connectivity index (χ0v) is 40.2. The topological polar surface area (TPSA) is 95.9 Å². The van der Waals surface area contributed by atoms with Crippen LogP contribution in [0.15, 0.2) is 24.3 Å². The average Bonchev–Trinajstić information content (AvgIpc) is 3.25. The molecule has 0 rings (SSSR count). The lowest BCUT2D eigenvalue weighted by Gasteiger charge is -2.20. The third-order valence-corrected chi connectivity index (χ3v) is 12.2. The van der Waals surface area contributed by atoms with Crippen LogP contribution in [-0.2, 0) is 14.3 Å². The second-order valence-electron chi connectivity index (χ2n) is 18.2. The van der Waals surface area contributed by atoms with Gasteiger partial charge in [-0.15, -0.1) is 0 Å². The Labute approximate surface area is 373 Å². The fraction of sp³-hybridized carbons (Fsp3) is 0.889. The second kappa shape index (κ2) is 50.0. The molecule has 0 aromatic carbocycles. The van der Waals surface area contributed by atoms with Crippen molar-refractivity contribution in [2.24, 2.45) is 0 Å². The van der Waals surface area contributed by atoms with Gasteiger partial charge in [0.1, 0.15) is 0 Å². The quantitative estimate of drug-likeness (QED) is 0.0322. The highest BCUT2D eigenvalue weighted by molar-refractivity contribution is 5.76. The van der Waals surface area contributed by atoms with Gasteiger partial charge in [0.15, 0.2) is 0 Å². The Bertz CT molecular complexity index is 935. The van der Waals surface area contributed by atoms with Crippen LogP contribution in [0.1, 0.15) is 284 Å². The first-order valence-corrected chi connectivity index (χ1v) is 26.6. The standard InChI is InChI=1S/C54H103NO5/c1-3-5-7-9-11-13-15-17-20-24-28-32-36-40-44-48-54(59)60-49-45-41-37-33-29-25-22-19-18-21-23-27-31-35-39-43-47-53(58)55-51(50-56)52(57)46-42-38-34-30-26-16-14-12-10-8-6-4-2/h18,21,42,46,51-52,56-57H,3-17,19-20,22-41,43-45,47-50H2,1-2H3,(H,55,58)/b21-18-,46-42+. The molecule has 6 heteroatoms. The summed E-state index contributed by atoms with van der Waals surface area (Å²) in [6.45, 7) is 4.87. The molecule has 0 aromatic heterocycles.